The van der Waals surface area contributed by atoms with Gasteiger partial charge in [-0.15, -0.1) is 12.8 Å². The summed E-state index contributed by atoms with van der Waals surface area (Å²) in [5.74, 6) is 17.1. The number of rotatable bonds is 18. The zero-order valence-electron chi connectivity index (χ0n) is 19.7. The number of hydrogen-bond acceptors (Lipinski definition) is 2. The van der Waals surface area contributed by atoms with Crippen molar-refractivity contribution in [1.29, 1.82) is 0 Å². The van der Waals surface area contributed by atoms with E-state index in [0.29, 0.717) is 25.9 Å². The third-order valence-electron chi connectivity index (χ3n) is 4.93. The molecule has 0 bridgehead atoms. The zero-order chi connectivity index (χ0) is 23.5. The van der Waals surface area contributed by atoms with Crippen molar-refractivity contribution in [3.8, 4) is 48.4 Å². The van der Waals surface area contributed by atoms with E-state index < -0.39 is 0 Å². The average molecular weight is 437 g/mol. The standard InChI is InChI=1S/C28H40N2O2/c1-3-25-29-27(31)23-21-19-17-15-13-11-9-7-5-6-8-10-12-14-16-18-20-22-24-28(32)30-26-4-2/h1-2H,9-26H2,(H,29,31)(H,30,32). The van der Waals surface area contributed by atoms with E-state index in [1.807, 2.05) is 0 Å². The minimum absolute atomic E-state index is 0.0506. The monoisotopic (exact) mass is 436 g/mol. The zero-order valence-corrected chi connectivity index (χ0v) is 19.7. The molecule has 0 spiro atoms. The molecule has 0 radical (unpaired) electrons. The van der Waals surface area contributed by atoms with Crippen molar-refractivity contribution in [2.45, 2.75) is 103 Å². The minimum atomic E-state index is 0.0506. The molecule has 2 N–H and O–H groups in total. The Kier molecular flexibility index (Phi) is 22.3. The van der Waals surface area contributed by atoms with Crippen LogP contribution in [0.1, 0.15) is 103 Å². The van der Waals surface area contributed by atoms with Crippen LogP contribution in [-0.2, 0) is 9.59 Å². The number of hydrogen-bond donors (Lipinski definition) is 2. The van der Waals surface area contributed by atoms with Crippen molar-refractivity contribution in [1.82, 2.24) is 10.6 Å². The van der Waals surface area contributed by atoms with Crippen molar-refractivity contribution < 1.29 is 9.59 Å². The number of amides is 2. The van der Waals surface area contributed by atoms with E-state index in [-0.39, 0.29) is 11.8 Å². The molecule has 0 aliphatic heterocycles. The van der Waals surface area contributed by atoms with Crippen LogP contribution >= 0.6 is 0 Å². The Bertz CT molecular complexity index is 642. The van der Waals surface area contributed by atoms with E-state index in [1.54, 1.807) is 0 Å². The number of carbonyl (C=O) groups is 2. The van der Waals surface area contributed by atoms with Gasteiger partial charge in [-0.2, -0.15) is 0 Å². The maximum atomic E-state index is 11.4. The highest BCUT2D eigenvalue weighted by Gasteiger charge is 1.99. The lowest BCUT2D eigenvalue weighted by molar-refractivity contribution is -0.121. The summed E-state index contributed by atoms with van der Waals surface area (Å²) >= 11 is 0. The second-order valence-corrected chi connectivity index (χ2v) is 7.81. The molecule has 0 saturated heterocycles. The van der Waals surface area contributed by atoms with Crippen molar-refractivity contribution >= 4 is 11.8 Å². The first-order valence-electron chi connectivity index (χ1n) is 12.1. The third-order valence-corrected chi connectivity index (χ3v) is 4.93. The van der Waals surface area contributed by atoms with E-state index in [2.05, 4.69) is 46.2 Å². The molecule has 0 fully saturated rings. The Labute approximate surface area is 196 Å². The van der Waals surface area contributed by atoms with E-state index in [0.717, 1.165) is 64.2 Å². The maximum absolute atomic E-state index is 11.4. The molecule has 174 valence electrons. The summed E-state index contributed by atoms with van der Waals surface area (Å²) in [5, 5.41) is 5.36. The molecule has 0 aromatic carbocycles. The lowest BCUT2D eigenvalue weighted by Gasteiger charge is -2.02. The van der Waals surface area contributed by atoms with Gasteiger partial charge in [-0.05, 0) is 37.5 Å². The Balaban J connectivity index is 3.36. The molecule has 0 rings (SSSR count). The van der Waals surface area contributed by atoms with Crippen LogP contribution in [0.4, 0.5) is 0 Å². The quantitative estimate of drug-likeness (QED) is 0.241. The Morgan fingerprint density at radius 1 is 0.531 bits per heavy atom. The van der Waals surface area contributed by atoms with Crippen LogP contribution in [0.2, 0.25) is 0 Å². The molecule has 0 aliphatic carbocycles. The summed E-state index contributed by atoms with van der Waals surface area (Å²) in [5.41, 5.74) is 0. The van der Waals surface area contributed by atoms with Crippen LogP contribution in [0.25, 0.3) is 0 Å². The van der Waals surface area contributed by atoms with E-state index >= 15 is 0 Å². The highest BCUT2D eigenvalue weighted by atomic mass is 16.2. The number of carbonyl (C=O) groups excluding carboxylic acids is 2. The molecule has 0 heterocycles. The Hall–Kier alpha value is -2.82. The molecule has 2 amide bonds. The molecule has 4 nitrogen and oxygen atoms in total. The van der Waals surface area contributed by atoms with Gasteiger partial charge >= 0.3 is 0 Å². The van der Waals surface area contributed by atoms with Crippen molar-refractivity contribution in [2.75, 3.05) is 13.1 Å². The number of unbranched alkanes of at least 4 members (excludes halogenated alkanes) is 12. The number of terminal acetylenes is 2. The summed E-state index contributed by atoms with van der Waals surface area (Å²) in [4.78, 5) is 22.8. The fraction of sp³-hybridized carbons (Fsp3) is 0.643. The maximum Gasteiger partial charge on any atom is 0.220 e. The average Bonchev–Trinajstić information content (AvgIpc) is 2.80. The second-order valence-electron chi connectivity index (χ2n) is 7.81. The van der Waals surface area contributed by atoms with Gasteiger partial charge in [0.05, 0.1) is 13.1 Å². The lowest BCUT2D eigenvalue weighted by Crippen LogP contribution is -2.22. The normalized spacial score (nSPS) is 9.31. The molecule has 0 unspecified atom stereocenters. The van der Waals surface area contributed by atoms with Gasteiger partial charge in [0.15, 0.2) is 0 Å². The highest BCUT2D eigenvalue weighted by molar-refractivity contribution is 5.76. The first-order valence-corrected chi connectivity index (χ1v) is 12.1. The van der Waals surface area contributed by atoms with Gasteiger partial charge in [-0.25, -0.2) is 0 Å². The summed E-state index contributed by atoms with van der Waals surface area (Å²) in [6, 6.07) is 0. The van der Waals surface area contributed by atoms with Gasteiger partial charge in [0.1, 0.15) is 0 Å². The first kappa shape index (κ1) is 29.2. The van der Waals surface area contributed by atoms with Crippen LogP contribution in [0, 0.1) is 48.4 Å². The molecule has 0 aromatic heterocycles. The van der Waals surface area contributed by atoms with Gasteiger partial charge < -0.3 is 10.6 Å². The van der Waals surface area contributed by atoms with E-state index in [9.17, 15) is 9.59 Å². The largest absolute Gasteiger partial charge is 0.345 e. The molecule has 4 heteroatoms. The topological polar surface area (TPSA) is 58.2 Å². The molecular weight excluding hydrogens is 396 g/mol. The Morgan fingerprint density at radius 3 is 1.25 bits per heavy atom. The molecule has 0 aliphatic rings. The summed E-state index contributed by atoms with van der Waals surface area (Å²) < 4.78 is 0. The van der Waals surface area contributed by atoms with Crippen LogP contribution in [-0.4, -0.2) is 24.9 Å². The van der Waals surface area contributed by atoms with Crippen LogP contribution in [0.3, 0.4) is 0 Å². The predicted molar refractivity (Wildman–Crippen MR) is 133 cm³/mol. The van der Waals surface area contributed by atoms with Crippen LogP contribution in [0.5, 0.6) is 0 Å². The van der Waals surface area contributed by atoms with Gasteiger partial charge in [0.25, 0.3) is 0 Å². The molecule has 0 atom stereocenters. The predicted octanol–water partition coefficient (Wildman–Crippen LogP) is 4.73. The first-order chi connectivity index (χ1) is 15.7. The van der Waals surface area contributed by atoms with Gasteiger partial charge in [0.2, 0.25) is 11.8 Å². The summed E-state index contributed by atoms with van der Waals surface area (Å²) in [6.45, 7) is 0.645. The molecule has 0 saturated carbocycles. The van der Waals surface area contributed by atoms with E-state index in [1.165, 1.54) is 25.7 Å². The van der Waals surface area contributed by atoms with Gasteiger partial charge in [0, 0.05) is 25.7 Å². The highest BCUT2D eigenvalue weighted by Crippen LogP contribution is 2.09. The molecule has 0 aromatic rings. The number of nitrogens with one attached hydrogen (secondary N) is 2. The van der Waals surface area contributed by atoms with Crippen LogP contribution < -0.4 is 10.6 Å². The van der Waals surface area contributed by atoms with Crippen LogP contribution in [0.15, 0.2) is 0 Å². The second kappa shape index (κ2) is 24.4. The SMILES string of the molecule is C#CCNC(=O)CCCCCCCCC#CC#CCCCCCCCCC(=O)NCC#C. The van der Waals surface area contributed by atoms with Crippen molar-refractivity contribution in [3.05, 3.63) is 0 Å². The molecular formula is C28H40N2O2. The Morgan fingerprint density at radius 2 is 0.875 bits per heavy atom. The fourth-order valence-corrected chi connectivity index (χ4v) is 3.10. The molecule has 32 heavy (non-hydrogen) atoms. The van der Waals surface area contributed by atoms with Gasteiger partial charge in [-0.1, -0.05) is 75.0 Å². The van der Waals surface area contributed by atoms with Gasteiger partial charge in [-0.3, -0.25) is 9.59 Å². The lowest BCUT2D eigenvalue weighted by atomic mass is 10.1. The van der Waals surface area contributed by atoms with E-state index in [4.69, 9.17) is 12.8 Å². The summed E-state index contributed by atoms with van der Waals surface area (Å²) in [6.07, 6.45) is 26.5. The van der Waals surface area contributed by atoms with Crippen molar-refractivity contribution in [2.24, 2.45) is 0 Å². The summed E-state index contributed by atoms with van der Waals surface area (Å²) in [7, 11) is 0. The van der Waals surface area contributed by atoms with Crippen molar-refractivity contribution in [3.63, 3.8) is 0 Å². The third kappa shape index (κ3) is 23.5. The smallest absolute Gasteiger partial charge is 0.220 e. The fourth-order valence-electron chi connectivity index (χ4n) is 3.10. The minimum Gasteiger partial charge on any atom is -0.345 e.